The van der Waals surface area contributed by atoms with Crippen LogP contribution in [0.2, 0.25) is 0 Å². The predicted octanol–water partition coefficient (Wildman–Crippen LogP) is -0.304. The maximum absolute atomic E-state index is 11.0. The number of rotatable bonds is 2. The smallest absolute Gasteiger partial charge is 0.150 e. The van der Waals surface area contributed by atoms with Crippen LogP contribution in [-0.4, -0.2) is 31.1 Å². The fraction of sp³-hybridized carbons (Fsp3) is 0.857. The Kier molecular flexibility index (Phi) is 2.70. The molecular weight excluding hydrogens is 178 g/mol. The third-order valence-corrected chi connectivity index (χ3v) is 3.91. The Bertz CT molecular complexity index is 290. The Morgan fingerprint density at radius 2 is 2.33 bits per heavy atom. The van der Waals surface area contributed by atoms with Crippen molar-refractivity contribution in [2.75, 3.05) is 11.5 Å². The van der Waals surface area contributed by atoms with Gasteiger partial charge in [0.1, 0.15) is 0 Å². The van der Waals surface area contributed by atoms with Crippen LogP contribution in [0.4, 0.5) is 0 Å². The van der Waals surface area contributed by atoms with Crippen LogP contribution in [0.5, 0.6) is 0 Å². The first kappa shape index (κ1) is 9.49. The number of aliphatic hydroxyl groups excluding tert-OH is 1. The maximum Gasteiger partial charge on any atom is 0.150 e. The van der Waals surface area contributed by atoms with Crippen molar-refractivity contribution in [3.05, 3.63) is 0 Å². The van der Waals surface area contributed by atoms with Crippen molar-refractivity contribution in [1.29, 1.82) is 5.26 Å². The highest BCUT2D eigenvalue weighted by molar-refractivity contribution is 7.91. The third-order valence-electron chi connectivity index (χ3n) is 2.11. The average molecular weight is 189 g/mol. The monoisotopic (exact) mass is 189 g/mol. The Morgan fingerprint density at radius 1 is 1.67 bits per heavy atom. The molecule has 0 aromatic heterocycles. The summed E-state index contributed by atoms with van der Waals surface area (Å²) < 4.78 is 21.9. The number of sulfone groups is 1. The summed E-state index contributed by atoms with van der Waals surface area (Å²) in [4.78, 5) is 0. The molecule has 5 heteroatoms. The van der Waals surface area contributed by atoms with Crippen LogP contribution >= 0.6 is 0 Å². The summed E-state index contributed by atoms with van der Waals surface area (Å²) in [5.41, 5.74) is 0. The van der Waals surface area contributed by atoms with E-state index in [9.17, 15) is 13.5 Å². The van der Waals surface area contributed by atoms with E-state index in [1.165, 1.54) is 0 Å². The number of aliphatic hydroxyl groups is 1. The Balaban J connectivity index is 2.53. The van der Waals surface area contributed by atoms with Crippen LogP contribution in [0.15, 0.2) is 0 Å². The molecule has 0 amide bonds. The van der Waals surface area contributed by atoms with Gasteiger partial charge in [0, 0.05) is 5.92 Å². The molecular formula is C7H11NO3S. The highest BCUT2D eigenvalue weighted by atomic mass is 32.2. The second-order valence-corrected chi connectivity index (χ2v) is 5.32. The number of hydrogen-bond acceptors (Lipinski definition) is 4. The second-order valence-electron chi connectivity index (χ2n) is 3.09. The van der Waals surface area contributed by atoms with Crippen molar-refractivity contribution >= 4 is 9.84 Å². The van der Waals surface area contributed by atoms with Crippen molar-refractivity contribution in [3.8, 4) is 6.07 Å². The second kappa shape index (κ2) is 3.42. The quantitative estimate of drug-likeness (QED) is 0.646. The molecule has 0 aromatic rings. The summed E-state index contributed by atoms with van der Waals surface area (Å²) in [5, 5.41) is 17.6. The van der Waals surface area contributed by atoms with Gasteiger partial charge in [0.05, 0.1) is 30.1 Å². The van der Waals surface area contributed by atoms with Crippen molar-refractivity contribution in [2.45, 2.75) is 18.9 Å². The van der Waals surface area contributed by atoms with Crippen LogP contribution in [0.25, 0.3) is 0 Å². The van der Waals surface area contributed by atoms with E-state index in [1.54, 1.807) is 0 Å². The van der Waals surface area contributed by atoms with E-state index in [0.717, 1.165) is 0 Å². The minimum absolute atomic E-state index is 0.0280. The molecule has 12 heavy (non-hydrogen) atoms. The summed E-state index contributed by atoms with van der Waals surface area (Å²) in [6, 6.07) is 1.83. The van der Waals surface area contributed by atoms with E-state index < -0.39 is 15.9 Å². The number of nitriles is 1. The molecule has 0 aliphatic carbocycles. The summed E-state index contributed by atoms with van der Waals surface area (Å²) in [7, 11) is -2.93. The van der Waals surface area contributed by atoms with Crippen molar-refractivity contribution in [3.63, 3.8) is 0 Å². The predicted molar refractivity (Wildman–Crippen MR) is 43.0 cm³/mol. The van der Waals surface area contributed by atoms with Crippen molar-refractivity contribution in [1.82, 2.24) is 0 Å². The molecule has 1 aliphatic rings. The zero-order valence-electron chi connectivity index (χ0n) is 6.60. The van der Waals surface area contributed by atoms with Gasteiger partial charge < -0.3 is 5.11 Å². The summed E-state index contributed by atoms with van der Waals surface area (Å²) in [6.07, 6.45) is -0.252. The van der Waals surface area contributed by atoms with Crippen LogP contribution in [0, 0.1) is 17.2 Å². The number of nitrogens with zero attached hydrogens (tertiary/aromatic N) is 1. The van der Waals surface area contributed by atoms with E-state index in [0.29, 0.717) is 6.42 Å². The summed E-state index contributed by atoms with van der Waals surface area (Å²) in [6.45, 7) is 0. The highest BCUT2D eigenvalue weighted by Crippen LogP contribution is 2.22. The van der Waals surface area contributed by atoms with Gasteiger partial charge in [-0.2, -0.15) is 5.26 Å². The Morgan fingerprint density at radius 3 is 2.75 bits per heavy atom. The first-order chi connectivity index (χ1) is 5.55. The summed E-state index contributed by atoms with van der Waals surface area (Å²) >= 11 is 0. The normalized spacial score (nSPS) is 29.5. The molecule has 0 spiro atoms. The fourth-order valence-corrected chi connectivity index (χ4v) is 3.26. The molecule has 1 saturated heterocycles. The zero-order chi connectivity index (χ0) is 9.19. The van der Waals surface area contributed by atoms with Crippen LogP contribution in [0.3, 0.4) is 0 Å². The molecule has 1 heterocycles. The van der Waals surface area contributed by atoms with Gasteiger partial charge in [-0.15, -0.1) is 0 Å². The van der Waals surface area contributed by atoms with E-state index in [1.807, 2.05) is 6.07 Å². The lowest BCUT2D eigenvalue weighted by atomic mass is 10.0. The van der Waals surface area contributed by atoms with Gasteiger partial charge in [0.2, 0.25) is 0 Å². The molecule has 0 saturated carbocycles. The highest BCUT2D eigenvalue weighted by Gasteiger charge is 2.32. The first-order valence-electron chi connectivity index (χ1n) is 3.80. The third kappa shape index (κ3) is 2.19. The largest absolute Gasteiger partial charge is 0.392 e. The minimum Gasteiger partial charge on any atom is -0.392 e. The Hall–Kier alpha value is -0.600. The standard InChI is InChI=1S/C7H11NO3S/c8-3-1-7(9)6-2-4-12(10,11)5-6/h6-7,9H,1-2,4-5H2. The van der Waals surface area contributed by atoms with Crippen molar-refractivity contribution in [2.24, 2.45) is 5.92 Å². The zero-order valence-corrected chi connectivity index (χ0v) is 7.42. The molecule has 1 rings (SSSR count). The molecule has 2 unspecified atom stereocenters. The molecule has 4 nitrogen and oxygen atoms in total. The van der Waals surface area contributed by atoms with E-state index in [2.05, 4.69) is 0 Å². The lowest BCUT2D eigenvalue weighted by molar-refractivity contribution is 0.124. The van der Waals surface area contributed by atoms with Gasteiger partial charge >= 0.3 is 0 Å². The first-order valence-corrected chi connectivity index (χ1v) is 5.63. The van der Waals surface area contributed by atoms with Gasteiger partial charge in [0.25, 0.3) is 0 Å². The molecule has 1 aliphatic heterocycles. The Labute approximate surface area is 71.7 Å². The molecule has 1 fully saturated rings. The van der Waals surface area contributed by atoms with E-state index in [-0.39, 0.29) is 23.8 Å². The van der Waals surface area contributed by atoms with E-state index in [4.69, 9.17) is 5.26 Å². The molecule has 2 atom stereocenters. The topological polar surface area (TPSA) is 78.2 Å². The maximum atomic E-state index is 11.0. The van der Waals surface area contributed by atoms with Gasteiger partial charge in [-0.25, -0.2) is 8.42 Å². The molecule has 68 valence electrons. The van der Waals surface area contributed by atoms with Gasteiger partial charge in [0.15, 0.2) is 9.84 Å². The van der Waals surface area contributed by atoms with Crippen LogP contribution < -0.4 is 0 Å². The van der Waals surface area contributed by atoms with Crippen molar-refractivity contribution < 1.29 is 13.5 Å². The van der Waals surface area contributed by atoms with Crippen LogP contribution in [0.1, 0.15) is 12.8 Å². The SMILES string of the molecule is N#CCC(O)C1CCS(=O)(=O)C1. The average Bonchev–Trinajstić information content (AvgIpc) is 2.31. The summed E-state index contributed by atoms with van der Waals surface area (Å²) in [5.74, 6) is -0.0367. The van der Waals surface area contributed by atoms with Gasteiger partial charge in [-0.3, -0.25) is 0 Å². The fourth-order valence-electron chi connectivity index (χ4n) is 1.39. The molecule has 0 bridgehead atoms. The molecule has 0 aromatic carbocycles. The van der Waals surface area contributed by atoms with Gasteiger partial charge in [-0.05, 0) is 6.42 Å². The molecule has 0 radical (unpaired) electrons. The lowest BCUT2D eigenvalue weighted by Gasteiger charge is -2.11. The minimum atomic E-state index is -2.93. The van der Waals surface area contributed by atoms with Crippen LogP contribution in [-0.2, 0) is 9.84 Å². The van der Waals surface area contributed by atoms with E-state index >= 15 is 0 Å². The lowest BCUT2D eigenvalue weighted by Crippen LogP contribution is -2.20. The molecule has 1 N–H and O–H groups in total. The van der Waals surface area contributed by atoms with Gasteiger partial charge in [-0.1, -0.05) is 0 Å². The number of hydrogen-bond donors (Lipinski definition) is 1.